The van der Waals surface area contributed by atoms with Crippen LogP contribution in [0.4, 0.5) is 0 Å². The Morgan fingerprint density at radius 2 is 1.92 bits per heavy atom. The first kappa shape index (κ1) is 17.0. The largest absolute Gasteiger partial charge is 0.497 e. The van der Waals surface area contributed by atoms with Crippen LogP contribution in [0.15, 0.2) is 48.8 Å². The second-order valence-corrected chi connectivity index (χ2v) is 5.99. The van der Waals surface area contributed by atoms with Crippen molar-refractivity contribution < 1.29 is 14.3 Å². The standard InChI is InChI=1S/C19H21N3O3/c1-14(23)22-11-10-21(19(24)16-4-3-9-20-12-16)13-18(22)15-5-7-17(25-2)8-6-15/h3-9,12,18H,10-11,13H2,1-2H3. The minimum Gasteiger partial charge on any atom is -0.497 e. The van der Waals surface area contributed by atoms with E-state index < -0.39 is 0 Å². The van der Waals surface area contributed by atoms with Gasteiger partial charge in [-0.05, 0) is 29.8 Å². The molecule has 0 radical (unpaired) electrons. The number of pyridine rings is 1. The molecule has 25 heavy (non-hydrogen) atoms. The molecule has 2 heterocycles. The molecule has 0 N–H and O–H groups in total. The molecule has 0 bridgehead atoms. The summed E-state index contributed by atoms with van der Waals surface area (Å²) in [5.41, 5.74) is 1.55. The number of ether oxygens (including phenoxy) is 1. The Kier molecular flexibility index (Phi) is 4.97. The van der Waals surface area contributed by atoms with Gasteiger partial charge in [0.2, 0.25) is 5.91 Å². The number of carbonyl (C=O) groups is 2. The summed E-state index contributed by atoms with van der Waals surface area (Å²) in [5.74, 6) is 0.710. The topological polar surface area (TPSA) is 62.7 Å². The smallest absolute Gasteiger partial charge is 0.255 e. The van der Waals surface area contributed by atoms with Gasteiger partial charge in [-0.15, -0.1) is 0 Å². The van der Waals surface area contributed by atoms with E-state index >= 15 is 0 Å². The second kappa shape index (κ2) is 7.34. The number of benzene rings is 1. The van der Waals surface area contributed by atoms with Gasteiger partial charge in [0, 0.05) is 39.0 Å². The molecule has 1 aromatic heterocycles. The van der Waals surface area contributed by atoms with Gasteiger partial charge in [-0.25, -0.2) is 0 Å². The molecule has 1 unspecified atom stereocenters. The summed E-state index contributed by atoms with van der Waals surface area (Å²) < 4.78 is 5.20. The maximum atomic E-state index is 12.7. The first-order valence-electron chi connectivity index (χ1n) is 8.20. The Labute approximate surface area is 147 Å². The molecule has 0 spiro atoms. The van der Waals surface area contributed by atoms with Crippen molar-refractivity contribution in [2.45, 2.75) is 13.0 Å². The number of carbonyl (C=O) groups excluding carboxylic acids is 2. The Morgan fingerprint density at radius 1 is 1.16 bits per heavy atom. The Bertz CT molecular complexity index is 746. The summed E-state index contributed by atoms with van der Waals surface area (Å²) in [6.07, 6.45) is 3.21. The van der Waals surface area contributed by atoms with Crippen LogP contribution >= 0.6 is 0 Å². The molecular weight excluding hydrogens is 318 g/mol. The molecule has 130 valence electrons. The fourth-order valence-corrected chi connectivity index (χ4v) is 3.13. The van der Waals surface area contributed by atoms with Crippen LogP contribution in [0.2, 0.25) is 0 Å². The van der Waals surface area contributed by atoms with E-state index in [4.69, 9.17) is 4.74 Å². The first-order chi connectivity index (χ1) is 12.1. The molecule has 2 amide bonds. The van der Waals surface area contributed by atoms with Gasteiger partial charge in [-0.1, -0.05) is 12.1 Å². The number of hydrogen-bond acceptors (Lipinski definition) is 4. The number of methoxy groups -OCH3 is 1. The van der Waals surface area contributed by atoms with E-state index in [1.165, 1.54) is 0 Å². The summed E-state index contributed by atoms with van der Waals surface area (Å²) in [4.78, 5) is 32.4. The molecule has 1 aromatic carbocycles. The van der Waals surface area contributed by atoms with Crippen LogP contribution in [0.25, 0.3) is 0 Å². The molecular formula is C19H21N3O3. The molecule has 0 aliphatic carbocycles. The van der Waals surface area contributed by atoms with Crippen molar-refractivity contribution in [3.63, 3.8) is 0 Å². The molecule has 6 nitrogen and oxygen atoms in total. The third-order valence-electron chi connectivity index (χ3n) is 4.48. The lowest BCUT2D eigenvalue weighted by Gasteiger charge is -2.41. The van der Waals surface area contributed by atoms with E-state index in [2.05, 4.69) is 4.98 Å². The van der Waals surface area contributed by atoms with Crippen molar-refractivity contribution >= 4 is 11.8 Å². The quantitative estimate of drug-likeness (QED) is 0.859. The van der Waals surface area contributed by atoms with Gasteiger partial charge >= 0.3 is 0 Å². The van der Waals surface area contributed by atoms with Gasteiger partial charge in [0.15, 0.2) is 0 Å². The zero-order valence-electron chi connectivity index (χ0n) is 14.4. The minimum atomic E-state index is -0.169. The molecule has 1 atom stereocenters. The van der Waals surface area contributed by atoms with Crippen LogP contribution in [-0.4, -0.2) is 53.3 Å². The molecule has 2 aromatic rings. The predicted molar refractivity (Wildman–Crippen MR) is 93.3 cm³/mol. The first-order valence-corrected chi connectivity index (χ1v) is 8.20. The monoisotopic (exact) mass is 339 g/mol. The zero-order valence-corrected chi connectivity index (χ0v) is 14.4. The highest BCUT2D eigenvalue weighted by molar-refractivity contribution is 5.94. The van der Waals surface area contributed by atoms with E-state index in [1.807, 2.05) is 29.2 Å². The average Bonchev–Trinajstić information content (AvgIpc) is 2.67. The van der Waals surface area contributed by atoms with E-state index in [0.29, 0.717) is 25.2 Å². The van der Waals surface area contributed by atoms with Crippen LogP contribution < -0.4 is 4.74 Å². The number of amides is 2. The highest BCUT2D eigenvalue weighted by Crippen LogP contribution is 2.27. The van der Waals surface area contributed by atoms with Crippen LogP contribution in [0.5, 0.6) is 5.75 Å². The van der Waals surface area contributed by atoms with Gasteiger partial charge in [0.1, 0.15) is 5.75 Å². The van der Waals surface area contributed by atoms with E-state index in [0.717, 1.165) is 11.3 Å². The SMILES string of the molecule is COc1ccc(C2CN(C(=O)c3cccnc3)CCN2C(C)=O)cc1. The number of aromatic nitrogens is 1. The third-order valence-corrected chi connectivity index (χ3v) is 4.48. The maximum Gasteiger partial charge on any atom is 0.255 e. The molecule has 3 rings (SSSR count). The lowest BCUT2D eigenvalue weighted by molar-refractivity contribution is -0.133. The van der Waals surface area contributed by atoms with E-state index in [9.17, 15) is 9.59 Å². The summed E-state index contributed by atoms with van der Waals surface area (Å²) in [6, 6.07) is 11.0. The van der Waals surface area contributed by atoms with Crippen LogP contribution in [0.1, 0.15) is 28.9 Å². The Hall–Kier alpha value is -2.89. The van der Waals surface area contributed by atoms with Crippen molar-refractivity contribution in [2.24, 2.45) is 0 Å². The van der Waals surface area contributed by atoms with Crippen LogP contribution in [-0.2, 0) is 4.79 Å². The van der Waals surface area contributed by atoms with Crippen molar-refractivity contribution in [2.75, 3.05) is 26.7 Å². The molecule has 0 saturated carbocycles. The molecule has 1 saturated heterocycles. The normalized spacial score (nSPS) is 17.3. The average molecular weight is 339 g/mol. The van der Waals surface area contributed by atoms with Crippen LogP contribution in [0, 0.1) is 0 Å². The number of hydrogen-bond donors (Lipinski definition) is 0. The molecule has 1 fully saturated rings. The number of rotatable bonds is 3. The molecule has 1 aliphatic rings. The van der Waals surface area contributed by atoms with Gasteiger partial charge in [-0.3, -0.25) is 14.6 Å². The number of piperazine rings is 1. The van der Waals surface area contributed by atoms with Gasteiger partial charge in [0.05, 0.1) is 18.7 Å². The molecule has 1 aliphatic heterocycles. The van der Waals surface area contributed by atoms with Gasteiger partial charge < -0.3 is 14.5 Å². The Balaban J connectivity index is 1.84. The summed E-state index contributed by atoms with van der Waals surface area (Å²) >= 11 is 0. The predicted octanol–water partition coefficient (Wildman–Crippen LogP) is 2.14. The Morgan fingerprint density at radius 3 is 2.52 bits per heavy atom. The highest BCUT2D eigenvalue weighted by atomic mass is 16.5. The van der Waals surface area contributed by atoms with E-state index in [-0.39, 0.29) is 17.9 Å². The molecule has 6 heteroatoms. The highest BCUT2D eigenvalue weighted by Gasteiger charge is 2.32. The van der Waals surface area contributed by atoms with Crippen LogP contribution in [0.3, 0.4) is 0 Å². The summed E-state index contributed by atoms with van der Waals surface area (Å²) in [7, 11) is 1.62. The van der Waals surface area contributed by atoms with Gasteiger partial charge in [0.25, 0.3) is 5.91 Å². The minimum absolute atomic E-state index is 0.00861. The maximum absolute atomic E-state index is 12.7. The van der Waals surface area contributed by atoms with E-state index in [1.54, 1.807) is 43.5 Å². The lowest BCUT2D eigenvalue weighted by atomic mass is 10.0. The fraction of sp³-hybridized carbons (Fsp3) is 0.316. The summed E-state index contributed by atoms with van der Waals surface area (Å²) in [6.45, 7) is 3.05. The van der Waals surface area contributed by atoms with Crippen molar-refractivity contribution in [3.05, 3.63) is 59.9 Å². The third kappa shape index (κ3) is 3.63. The second-order valence-electron chi connectivity index (χ2n) is 5.99. The van der Waals surface area contributed by atoms with Gasteiger partial charge in [-0.2, -0.15) is 0 Å². The zero-order chi connectivity index (χ0) is 17.8. The fourth-order valence-electron chi connectivity index (χ4n) is 3.13. The summed E-state index contributed by atoms with van der Waals surface area (Å²) in [5, 5.41) is 0. The van der Waals surface area contributed by atoms with Crippen molar-refractivity contribution in [1.82, 2.24) is 14.8 Å². The number of nitrogens with zero attached hydrogens (tertiary/aromatic N) is 3. The lowest BCUT2D eigenvalue weighted by Crippen LogP contribution is -2.51. The van der Waals surface area contributed by atoms with Crippen molar-refractivity contribution in [3.8, 4) is 5.75 Å². The van der Waals surface area contributed by atoms with Crippen molar-refractivity contribution in [1.29, 1.82) is 0 Å².